The number of nitrogens with zero attached hydrogens (tertiary/aromatic N) is 1. The van der Waals surface area contributed by atoms with Crippen LogP contribution in [-0.2, 0) is 16.4 Å². The average molecular weight is 314 g/mol. The lowest BCUT2D eigenvalue weighted by Crippen LogP contribution is -2.47. The second-order valence-corrected chi connectivity index (χ2v) is 7.82. The third-order valence-electron chi connectivity index (χ3n) is 3.90. The molecule has 21 heavy (non-hydrogen) atoms. The van der Waals surface area contributed by atoms with Crippen molar-refractivity contribution in [2.45, 2.75) is 38.3 Å². The largest absolute Gasteiger partial charge is 0.311 e. The van der Waals surface area contributed by atoms with E-state index >= 15 is 0 Å². The molecule has 2 rings (SSSR count). The minimum absolute atomic E-state index is 0.215. The van der Waals surface area contributed by atoms with Crippen LogP contribution in [0.4, 0.5) is 4.39 Å². The van der Waals surface area contributed by atoms with Crippen molar-refractivity contribution in [3.8, 4) is 0 Å². The van der Waals surface area contributed by atoms with Crippen LogP contribution in [0.2, 0.25) is 0 Å². The van der Waals surface area contributed by atoms with Gasteiger partial charge in [0.05, 0.1) is 6.26 Å². The summed E-state index contributed by atoms with van der Waals surface area (Å²) in [6, 6.07) is 7.20. The fraction of sp³-hybridized carbons (Fsp3) is 0.600. The minimum Gasteiger partial charge on any atom is -0.311 e. The van der Waals surface area contributed by atoms with Crippen LogP contribution in [0.25, 0.3) is 0 Å². The van der Waals surface area contributed by atoms with Crippen LogP contribution >= 0.6 is 0 Å². The van der Waals surface area contributed by atoms with Crippen molar-refractivity contribution >= 4 is 10.0 Å². The number of benzene rings is 1. The predicted octanol–water partition coefficient (Wildman–Crippen LogP) is 1.77. The molecule has 1 saturated heterocycles. The summed E-state index contributed by atoms with van der Waals surface area (Å²) in [5.41, 5.74) is 1.10. The molecule has 4 nitrogen and oxygen atoms in total. The van der Waals surface area contributed by atoms with Gasteiger partial charge in [0.15, 0.2) is 0 Å². The van der Waals surface area contributed by atoms with E-state index in [2.05, 4.69) is 12.2 Å². The molecule has 1 aliphatic heterocycles. The summed E-state index contributed by atoms with van der Waals surface area (Å²) in [7, 11) is -3.06. The summed E-state index contributed by atoms with van der Waals surface area (Å²) in [4.78, 5) is 0. The SMILES string of the molecule is CC(Cc1ccc(F)cc1)NC1CCN(S(C)(=O)=O)CC1. The summed E-state index contributed by atoms with van der Waals surface area (Å²) in [5, 5.41) is 3.54. The third-order valence-corrected chi connectivity index (χ3v) is 5.20. The zero-order valence-electron chi connectivity index (χ0n) is 12.5. The van der Waals surface area contributed by atoms with Crippen molar-refractivity contribution in [2.24, 2.45) is 0 Å². The van der Waals surface area contributed by atoms with Gasteiger partial charge in [-0.1, -0.05) is 12.1 Å². The normalized spacial score (nSPS) is 19.6. The number of rotatable bonds is 5. The number of sulfonamides is 1. The molecule has 1 aromatic carbocycles. The molecule has 1 atom stereocenters. The quantitative estimate of drug-likeness (QED) is 0.901. The fourth-order valence-electron chi connectivity index (χ4n) is 2.79. The number of piperidine rings is 1. The highest BCUT2D eigenvalue weighted by Gasteiger charge is 2.25. The van der Waals surface area contributed by atoms with Gasteiger partial charge in [-0.05, 0) is 43.9 Å². The zero-order valence-corrected chi connectivity index (χ0v) is 13.4. The standard InChI is InChI=1S/C15H23FN2O2S/c1-12(11-13-3-5-14(16)6-4-13)17-15-7-9-18(10-8-15)21(2,19)20/h3-6,12,15,17H,7-11H2,1-2H3. The Morgan fingerprint density at radius 2 is 1.86 bits per heavy atom. The lowest BCUT2D eigenvalue weighted by Gasteiger charge is -2.32. The molecule has 0 aromatic heterocycles. The van der Waals surface area contributed by atoms with E-state index in [1.54, 1.807) is 12.1 Å². The maximum atomic E-state index is 12.9. The van der Waals surface area contributed by atoms with Gasteiger partial charge in [-0.3, -0.25) is 0 Å². The van der Waals surface area contributed by atoms with Crippen molar-refractivity contribution in [2.75, 3.05) is 19.3 Å². The fourth-order valence-corrected chi connectivity index (χ4v) is 3.66. The Labute approximate surface area is 126 Å². The maximum Gasteiger partial charge on any atom is 0.211 e. The zero-order chi connectivity index (χ0) is 15.5. The highest BCUT2D eigenvalue weighted by Crippen LogP contribution is 2.14. The molecular weight excluding hydrogens is 291 g/mol. The molecule has 0 bridgehead atoms. The van der Waals surface area contributed by atoms with E-state index in [1.165, 1.54) is 22.7 Å². The lowest BCUT2D eigenvalue weighted by molar-refractivity contribution is 0.277. The van der Waals surface area contributed by atoms with Crippen LogP contribution < -0.4 is 5.32 Å². The lowest BCUT2D eigenvalue weighted by atomic mass is 10.0. The highest BCUT2D eigenvalue weighted by atomic mass is 32.2. The second-order valence-electron chi connectivity index (χ2n) is 5.83. The van der Waals surface area contributed by atoms with Crippen molar-refractivity contribution in [3.05, 3.63) is 35.6 Å². The molecule has 1 N–H and O–H groups in total. The van der Waals surface area contributed by atoms with Crippen LogP contribution in [0.1, 0.15) is 25.3 Å². The van der Waals surface area contributed by atoms with Crippen LogP contribution in [0, 0.1) is 5.82 Å². The topological polar surface area (TPSA) is 49.4 Å². The molecule has 118 valence electrons. The van der Waals surface area contributed by atoms with Gasteiger partial charge in [-0.25, -0.2) is 17.1 Å². The van der Waals surface area contributed by atoms with Gasteiger partial charge in [0.1, 0.15) is 5.82 Å². The van der Waals surface area contributed by atoms with Crippen LogP contribution in [0.15, 0.2) is 24.3 Å². The molecule has 0 aliphatic carbocycles. The van der Waals surface area contributed by atoms with E-state index in [1.807, 2.05) is 0 Å². The van der Waals surface area contributed by atoms with Crippen LogP contribution in [0.5, 0.6) is 0 Å². The Balaban J connectivity index is 1.79. The molecular formula is C15H23FN2O2S. The number of hydrogen-bond acceptors (Lipinski definition) is 3. The first-order chi connectivity index (χ1) is 9.84. The molecule has 0 radical (unpaired) electrons. The monoisotopic (exact) mass is 314 g/mol. The van der Waals surface area contributed by atoms with Crippen molar-refractivity contribution in [3.63, 3.8) is 0 Å². The van der Waals surface area contributed by atoms with Gasteiger partial charge in [-0.2, -0.15) is 0 Å². The van der Waals surface area contributed by atoms with E-state index < -0.39 is 10.0 Å². The first kappa shape index (κ1) is 16.4. The first-order valence-electron chi connectivity index (χ1n) is 7.30. The predicted molar refractivity (Wildman–Crippen MR) is 82.1 cm³/mol. The molecule has 1 aromatic rings. The number of halogens is 1. The van der Waals surface area contributed by atoms with E-state index in [0.717, 1.165) is 24.8 Å². The Hall–Kier alpha value is -0.980. The molecule has 0 amide bonds. The van der Waals surface area contributed by atoms with Crippen LogP contribution in [-0.4, -0.2) is 44.2 Å². The summed E-state index contributed by atoms with van der Waals surface area (Å²) in [6.07, 6.45) is 3.77. The Morgan fingerprint density at radius 3 is 2.38 bits per heavy atom. The van der Waals surface area contributed by atoms with Gasteiger partial charge in [0.2, 0.25) is 10.0 Å². The third kappa shape index (κ3) is 5.05. The molecule has 1 unspecified atom stereocenters. The average Bonchev–Trinajstić information content (AvgIpc) is 2.41. The molecule has 1 heterocycles. The highest BCUT2D eigenvalue weighted by molar-refractivity contribution is 7.88. The van der Waals surface area contributed by atoms with Crippen molar-refractivity contribution in [1.82, 2.24) is 9.62 Å². The van der Waals surface area contributed by atoms with Crippen molar-refractivity contribution < 1.29 is 12.8 Å². The van der Waals surface area contributed by atoms with Gasteiger partial charge in [-0.15, -0.1) is 0 Å². The first-order valence-corrected chi connectivity index (χ1v) is 9.15. The Morgan fingerprint density at radius 1 is 1.29 bits per heavy atom. The van der Waals surface area contributed by atoms with E-state index in [9.17, 15) is 12.8 Å². The molecule has 1 aliphatic rings. The Kier molecular flexibility index (Phi) is 5.35. The van der Waals surface area contributed by atoms with E-state index in [0.29, 0.717) is 19.1 Å². The Bertz CT molecular complexity index is 552. The van der Waals surface area contributed by atoms with Gasteiger partial charge < -0.3 is 5.32 Å². The van der Waals surface area contributed by atoms with Gasteiger partial charge in [0, 0.05) is 25.2 Å². The smallest absolute Gasteiger partial charge is 0.211 e. The summed E-state index contributed by atoms with van der Waals surface area (Å²) in [6.45, 7) is 3.27. The number of nitrogens with one attached hydrogen (secondary N) is 1. The summed E-state index contributed by atoms with van der Waals surface area (Å²) in [5.74, 6) is -0.215. The molecule has 0 saturated carbocycles. The van der Waals surface area contributed by atoms with Crippen LogP contribution in [0.3, 0.4) is 0 Å². The van der Waals surface area contributed by atoms with E-state index in [4.69, 9.17) is 0 Å². The molecule has 1 fully saturated rings. The molecule has 0 spiro atoms. The minimum atomic E-state index is -3.06. The molecule has 6 heteroatoms. The van der Waals surface area contributed by atoms with E-state index in [-0.39, 0.29) is 11.9 Å². The van der Waals surface area contributed by atoms with Crippen molar-refractivity contribution in [1.29, 1.82) is 0 Å². The summed E-state index contributed by atoms with van der Waals surface area (Å²) < 4.78 is 37.3. The number of hydrogen-bond donors (Lipinski definition) is 1. The maximum absolute atomic E-state index is 12.9. The van der Waals surface area contributed by atoms with Gasteiger partial charge in [0.25, 0.3) is 0 Å². The second kappa shape index (κ2) is 6.85. The van der Waals surface area contributed by atoms with Gasteiger partial charge >= 0.3 is 0 Å². The summed E-state index contributed by atoms with van der Waals surface area (Å²) >= 11 is 0.